The first kappa shape index (κ1) is 23.3. The second kappa shape index (κ2) is 10.3. The Morgan fingerprint density at radius 1 is 1.25 bits per heavy atom. The van der Waals surface area contributed by atoms with Crippen LogP contribution in [0.25, 0.3) is 10.9 Å². The van der Waals surface area contributed by atoms with Crippen LogP contribution in [0.4, 0.5) is 0 Å². The lowest BCUT2D eigenvalue weighted by Gasteiger charge is -2.22. The molecule has 1 fully saturated rings. The molecule has 2 aromatic rings. The van der Waals surface area contributed by atoms with E-state index in [-0.39, 0.29) is 30.1 Å². The van der Waals surface area contributed by atoms with Gasteiger partial charge in [0.1, 0.15) is 17.8 Å². The molecule has 8 heteroatoms. The van der Waals surface area contributed by atoms with Crippen molar-refractivity contribution in [2.75, 3.05) is 6.54 Å². The Morgan fingerprint density at radius 2 is 2.03 bits per heavy atom. The van der Waals surface area contributed by atoms with E-state index in [2.05, 4.69) is 33.9 Å². The predicted molar refractivity (Wildman–Crippen MR) is 122 cm³/mol. The summed E-state index contributed by atoms with van der Waals surface area (Å²) in [6.45, 7) is 6.59. The van der Waals surface area contributed by atoms with Crippen LogP contribution < -0.4 is 16.0 Å². The molecule has 0 aliphatic carbocycles. The van der Waals surface area contributed by atoms with Gasteiger partial charge in [0.25, 0.3) is 5.91 Å². The van der Waals surface area contributed by atoms with Crippen molar-refractivity contribution in [2.45, 2.75) is 58.5 Å². The molecule has 32 heavy (non-hydrogen) atoms. The van der Waals surface area contributed by atoms with Crippen molar-refractivity contribution in [2.24, 2.45) is 11.8 Å². The first-order chi connectivity index (χ1) is 15.3. The summed E-state index contributed by atoms with van der Waals surface area (Å²) in [6, 6.07) is 8.28. The summed E-state index contributed by atoms with van der Waals surface area (Å²) < 4.78 is 0. The van der Waals surface area contributed by atoms with E-state index in [0.717, 1.165) is 17.3 Å². The highest BCUT2D eigenvalue weighted by atomic mass is 16.2. The number of aromatic amines is 1. The molecule has 3 amide bonds. The molecule has 0 radical (unpaired) electrons. The third-order valence-electron chi connectivity index (χ3n) is 5.82. The van der Waals surface area contributed by atoms with Crippen LogP contribution in [0.5, 0.6) is 0 Å². The summed E-state index contributed by atoms with van der Waals surface area (Å²) in [5.74, 6) is -0.999. The second-order valence-corrected chi connectivity index (χ2v) is 8.82. The summed E-state index contributed by atoms with van der Waals surface area (Å²) in [4.78, 5) is 40.8. The smallest absolute Gasteiger partial charge is 0.268 e. The number of hydrogen-bond acceptors (Lipinski definition) is 4. The highest BCUT2D eigenvalue weighted by Crippen LogP contribution is 2.19. The number of aromatic nitrogens is 1. The minimum atomic E-state index is -0.788. The third-order valence-corrected chi connectivity index (χ3v) is 5.82. The van der Waals surface area contributed by atoms with Crippen LogP contribution >= 0.6 is 0 Å². The van der Waals surface area contributed by atoms with Gasteiger partial charge < -0.3 is 20.9 Å². The van der Waals surface area contributed by atoms with Crippen LogP contribution in [0.15, 0.2) is 24.3 Å². The maximum Gasteiger partial charge on any atom is 0.268 e. The van der Waals surface area contributed by atoms with Gasteiger partial charge in [0, 0.05) is 23.4 Å². The largest absolute Gasteiger partial charge is 0.356 e. The van der Waals surface area contributed by atoms with Crippen molar-refractivity contribution in [3.05, 3.63) is 35.5 Å². The first-order valence-electron chi connectivity index (χ1n) is 11.2. The number of carbonyl (C=O) groups excluding carboxylic acids is 3. The van der Waals surface area contributed by atoms with Crippen LogP contribution in [0, 0.1) is 23.2 Å². The second-order valence-electron chi connectivity index (χ2n) is 8.82. The van der Waals surface area contributed by atoms with E-state index in [9.17, 15) is 19.6 Å². The molecule has 0 spiro atoms. The van der Waals surface area contributed by atoms with Gasteiger partial charge in [0.05, 0.1) is 6.07 Å². The molecular weight excluding hydrogens is 406 g/mol. The molecule has 1 aromatic heterocycles. The number of nitrogens with zero attached hydrogens (tertiary/aromatic N) is 1. The number of hydrogen-bond donors (Lipinski definition) is 4. The quantitative estimate of drug-likeness (QED) is 0.480. The maximum absolute atomic E-state index is 12.9. The van der Waals surface area contributed by atoms with E-state index < -0.39 is 18.0 Å². The van der Waals surface area contributed by atoms with Gasteiger partial charge in [-0.1, -0.05) is 26.8 Å². The Balaban J connectivity index is 1.69. The fourth-order valence-electron chi connectivity index (χ4n) is 4.03. The zero-order chi connectivity index (χ0) is 23.3. The molecule has 3 atom stereocenters. The van der Waals surface area contributed by atoms with Gasteiger partial charge in [-0.25, -0.2) is 0 Å². The van der Waals surface area contributed by atoms with E-state index >= 15 is 0 Å². The molecule has 1 aliphatic heterocycles. The topological polar surface area (TPSA) is 127 Å². The number of nitriles is 1. The zero-order valence-corrected chi connectivity index (χ0v) is 18.8. The summed E-state index contributed by atoms with van der Waals surface area (Å²) >= 11 is 0. The first-order valence-corrected chi connectivity index (χ1v) is 11.2. The standard InChI is InChI=1S/C24H31N5O3/c1-4-15-5-6-19-17(10-15)12-21(28-19)24(32)29-20(9-14(2)3)23(31)27-18(13-25)11-16-7-8-26-22(16)30/h5-6,10,12,14,16,18,20,28H,4,7-9,11H2,1-3H3,(H,26,30)(H,27,31)(H,29,32)/t16-,18-,20-/m0/s1. The normalized spacial score (nSPS) is 17.6. The molecule has 170 valence electrons. The fourth-order valence-corrected chi connectivity index (χ4v) is 4.03. The molecule has 1 aromatic carbocycles. The van der Waals surface area contributed by atoms with E-state index in [4.69, 9.17) is 0 Å². The van der Waals surface area contributed by atoms with Crippen molar-refractivity contribution in [3.8, 4) is 6.07 Å². The highest BCUT2D eigenvalue weighted by molar-refractivity contribution is 6.00. The van der Waals surface area contributed by atoms with Crippen LogP contribution in [-0.4, -0.2) is 41.3 Å². The number of rotatable bonds is 9. The minimum absolute atomic E-state index is 0.0865. The molecule has 1 saturated heterocycles. The predicted octanol–water partition coefficient (Wildman–Crippen LogP) is 2.41. The summed E-state index contributed by atoms with van der Waals surface area (Å²) in [6.07, 6.45) is 2.25. The number of H-pyrrole nitrogens is 1. The number of amides is 3. The molecule has 0 saturated carbocycles. The lowest BCUT2D eigenvalue weighted by atomic mass is 9.98. The van der Waals surface area contributed by atoms with Gasteiger partial charge >= 0.3 is 0 Å². The lowest BCUT2D eigenvalue weighted by molar-refractivity contribution is -0.125. The van der Waals surface area contributed by atoms with E-state index in [1.165, 1.54) is 5.56 Å². The number of aryl methyl sites for hydroxylation is 1. The minimum Gasteiger partial charge on any atom is -0.356 e. The Hall–Kier alpha value is -3.34. The Labute approximate surface area is 188 Å². The Bertz CT molecular complexity index is 1040. The monoisotopic (exact) mass is 437 g/mol. The molecule has 1 aliphatic rings. The Morgan fingerprint density at radius 3 is 2.66 bits per heavy atom. The van der Waals surface area contributed by atoms with Gasteiger partial charge in [-0.2, -0.15) is 5.26 Å². The number of fused-ring (bicyclic) bond motifs is 1. The van der Waals surface area contributed by atoms with Crippen LogP contribution in [0.2, 0.25) is 0 Å². The van der Waals surface area contributed by atoms with Gasteiger partial charge in [0.2, 0.25) is 11.8 Å². The van der Waals surface area contributed by atoms with Crippen LogP contribution in [-0.2, 0) is 16.0 Å². The summed E-state index contributed by atoms with van der Waals surface area (Å²) in [7, 11) is 0. The lowest BCUT2D eigenvalue weighted by Crippen LogP contribution is -2.50. The van der Waals surface area contributed by atoms with Crippen molar-refractivity contribution < 1.29 is 14.4 Å². The molecular formula is C24H31N5O3. The van der Waals surface area contributed by atoms with Crippen molar-refractivity contribution in [1.29, 1.82) is 5.26 Å². The summed E-state index contributed by atoms with van der Waals surface area (Å²) in [5.41, 5.74) is 2.42. The summed E-state index contributed by atoms with van der Waals surface area (Å²) in [5, 5.41) is 18.7. The Kier molecular flexibility index (Phi) is 7.52. The van der Waals surface area contributed by atoms with Gasteiger partial charge in [0.15, 0.2) is 0 Å². The van der Waals surface area contributed by atoms with Gasteiger partial charge in [-0.15, -0.1) is 0 Å². The van der Waals surface area contributed by atoms with E-state index in [0.29, 0.717) is 25.1 Å². The molecule has 4 N–H and O–H groups in total. The average molecular weight is 438 g/mol. The number of nitrogens with one attached hydrogen (secondary N) is 4. The fraction of sp³-hybridized carbons (Fsp3) is 0.500. The molecule has 0 unspecified atom stereocenters. The van der Waals surface area contributed by atoms with Crippen molar-refractivity contribution in [1.82, 2.24) is 20.9 Å². The molecule has 3 rings (SSSR count). The molecule has 0 bridgehead atoms. The SMILES string of the molecule is CCc1ccc2[nH]c(C(=O)N[C@@H](CC(C)C)C(=O)N[C@H](C#N)C[C@@H]3CCNC3=O)cc2c1. The van der Waals surface area contributed by atoms with Crippen molar-refractivity contribution >= 4 is 28.6 Å². The van der Waals surface area contributed by atoms with Crippen LogP contribution in [0.1, 0.15) is 56.1 Å². The highest BCUT2D eigenvalue weighted by Gasteiger charge is 2.30. The van der Waals surface area contributed by atoms with Gasteiger partial charge in [-0.3, -0.25) is 14.4 Å². The van der Waals surface area contributed by atoms with E-state index in [1.807, 2.05) is 32.0 Å². The van der Waals surface area contributed by atoms with E-state index in [1.54, 1.807) is 6.07 Å². The molecule has 8 nitrogen and oxygen atoms in total. The van der Waals surface area contributed by atoms with Crippen molar-refractivity contribution in [3.63, 3.8) is 0 Å². The third kappa shape index (κ3) is 5.67. The number of carbonyl (C=O) groups is 3. The zero-order valence-electron chi connectivity index (χ0n) is 18.8. The molecule has 2 heterocycles. The maximum atomic E-state index is 12.9. The average Bonchev–Trinajstić information content (AvgIpc) is 3.37. The number of benzene rings is 1. The van der Waals surface area contributed by atoms with Gasteiger partial charge in [-0.05, 0) is 55.4 Å². The van der Waals surface area contributed by atoms with Crippen LogP contribution in [0.3, 0.4) is 0 Å².